The average Bonchev–Trinajstić information content (AvgIpc) is 3.33. The second-order valence-electron chi connectivity index (χ2n) is 7.45. The Hall–Kier alpha value is -2.12. The number of likely N-dealkylation sites (N-methyl/N-ethyl adjacent to an activating group) is 1. The smallest absolute Gasteiger partial charge is 0.170 e. The first-order chi connectivity index (χ1) is 14.4. The lowest BCUT2D eigenvalue weighted by Gasteiger charge is -2.27. The molecule has 3 heterocycles. The van der Waals surface area contributed by atoms with Gasteiger partial charge in [0.1, 0.15) is 17.6 Å². The molecule has 5 nitrogen and oxygen atoms in total. The molecule has 2 atom stereocenters. The third-order valence-corrected chi connectivity index (χ3v) is 6.20. The van der Waals surface area contributed by atoms with Crippen LogP contribution in [0.2, 0.25) is 10.0 Å². The highest BCUT2D eigenvalue weighted by Gasteiger charge is 2.41. The first-order valence-electron chi connectivity index (χ1n) is 9.62. The van der Waals surface area contributed by atoms with E-state index in [1.54, 1.807) is 12.3 Å². The second kappa shape index (κ2) is 8.94. The monoisotopic (exact) mass is 460 g/mol. The number of benzene rings is 1. The topological polar surface area (TPSA) is 44.5 Å². The van der Waals surface area contributed by atoms with Gasteiger partial charge < -0.3 is 19.5 Å². The van der Waals surface area contributed by atoms with Crippen molar-refractivity contribution < 1.29 is 4.42 Å². The highest BCUT2D eigenvalue weighted by atomic mass is 35.5. The third kappa shape index (κ3) is 4.32. The maximum atomic E-state index is 6.30. The van der Waals surface area contributed by atoms with Gasteiger partial charge in [0, 0.05) is 24.8 Å². The SMILES string of the molecule is CN(C)CCN1C(=S)N[C@H](c2ccccn2)[C@H]1c1ccc(-c2ccc(Cl)c(Cl)c2)o1. The largest absolute Gasteiger partial charge is 0.459 e. The maximum absolute atomic E-state index is 6.30. The van der Waals surface area contributed by atoms with Gasteiger partial charge in [-0.05, 0) is 68.8 Å². The zero-order valence-electron chi connectivity index (χ0n) is 16.7. The van der Waals surface area contributed by atoms with Gasteiger partial charge in [-0.15, -0.1) is 0 Å². The van der Waals surface area contributed by atoms with Crippen molar-refractivity contribution in [3.8, 4) is 11.3 Å². The van der Waals surface area contributed by atoms with E-state index in [0.717, 1.165) is 35.9 Å². The standard InChI is InChI=1S/C22H22Cl2N4OS/c1-27(2)11-12-28-21(20(26-22(28)30)17-5-3-4-10-25-17)19-9-8-18(29-19)14-6-7-15(23)16(24)13-14/h3-10,13,20-21H,11-12H2,1-2H3,(H,26,30)/t20-,21-/m1/s1. The Kier molecular flexibility index (Phi) is 6.29. The van der Waals surface area contributed by atoms with Crippen molar-refractivity contribution in [3.05, 3.63) is 76.2 Å². The summed E-state index contributed by atoms with van der Waals surface area (Å²) in [6.07, 6.45) is 1.79. The molecule has 1 saturated heterocycles. The molecule has 0 bridgehead atoms. The molecular formula is C22H22Cl2N4OS. The highest BCUT2D eigenvalue weighted by Crippen LogP contribution is 2.40. The minimum Gasteiger partial charge on any atom is -0.459 e. The van der Waals surface area contributed by atoms with Crippen LogP contribution in [0.5, 0.6) is 0 Å². The lowest BCUT2D eigenvalue weighted by molar-refractivity contribution is 0.250. The molecule has 2 aromatic heterocycles. The van der Waals surface area contributed by atoms with Crippen LogP contribution >= 0.6 is 35.4 Å². The van der Waals surface area contributed by atoms with Gasteiger partial charge in [-0.3, -0.25) is 4.98 Å². The predicted molar refractivity (Wildman–Crippen MR) is 125 cm³/mol. The van der Waals surface area contributed by atoms with E-state index in [9.17, 15) is 0 Å². The van der Waals surface area contributed by atoms with Gasteiger partial charge in [0.25, 0.3) is 0 Å². The minimum atomic E-state index is -0.108. The first-order valence-corrected chi connectivity index (χ1v) is 10.8. The zero-order chi connectivity index (χ0) is 21.3. The maximum Gasteiger partial charge on any atom is 0.170 e. The molecule has 1 aliphatic rings. The molecule has 3 aromatic rings. The number of halogens is 2. The fourth-order valence-electron chi connectivity index (χ4n) is 3.58. The van der Waals surface area contributed by atoms with Crippen LogP contribution in [0.3, 0.4) is 0 Å². The van der Waals surface area contributed by atoms with Crippen molar-refractivity contribution in [1.29, 1.82) is 0 Å². The van der Waals surface area contributed by atoms with Crippen LogP contribution in [0, 0.1) is 0 Å². The molecule has 1 fully saturated rings. The van der Waals surface area contributed by atoms with E-state index in [0.29, 0.717) is 15.2 Å². The van der Waals surface area contributed by atoms with Crippen LogP contribution in [-0.2, 0) is 0 Å². The Labute approximate surface area is 191 Å². The summed E-state index contributed by atoms with van der Waals surface area (Å²) in [4.78, 5) is 8.86. The van der Waals surface area contributed by atoms with Crippen molar-refractivity contribution >= 4 is 40.5 Å². The van der Waals surface area contributed by atoms with Gasteiger partial charge in [0.15, 0.2) is 5.11 Å². The summed E-state index contributed by atoms with van der Waals surface area (Å²) in [6, 6.07) is 15.1. The molecule has 156 valence electrons. The van der Waals surface area contributed by atoms with E-state index in [-0.39, 0.29) is 12.1 Å². The van der Waals surface area contributed by atoms with Crippen molar-refractivity contribution in [2.45, 2.75) is 12.1 Å². The molecule has 0 amide bonds. The lowest BCUT2D eigenvalue weighted by atomic mass is 10.0. The number of hydrogen-bond donors (Lipinski definition) is 1. The summed E-state index contributed by atoms with van der Waals surface area (Å²) < 4.78 is 6.30. The highest BCUT2D eigenvalue weighted by molar-refractivity contribution is 7.80. The van der Waals surface area contributed by atoms with Crippen molar-refractivity contribution in [2.75, 3.05) is 27.2 Å². The summed E-state index contributed by atoms with van der Waals surface area (Å²) >= 11 is 17.9. The summed E-state index contributed by atoms with van der Waals surface area (Å²) in [6.45, 7) is 1.64. The van der Waals surface area contributed by atoms with Crippen LogP contribution in [0.15, 0.2) is 59.1 Å². The van der Waals surface area contributed by atoms with Crippen LogP contribution < -0.4 is 5.32 Å². The van der Waals surface area contributed by atoms with E-state index in [1.165, 1.54) is 0 Å². The summed E-state index contributed by atoms with van der Waals surface area (Å²) in [5, 5.41) is 5.15. The van der Waals surface area contributed by atoms with Gasteiger partial charge in [0.05, 0.1) is 21.8 Å². The molecular weight excluding hydrogens is 439 g/mol. The number of nitrogens with one attached hydrogen (secondary N) is 1. The van der Waals surface area contributed by atoms with Crippen LogP contribution in [0.1, 0.15) is 23.5 Å². The van der Waals surface area contributed by atoms with Crippen LogP contribution in [-0.4, -0.2) is 47.1 Å². The van der Waals surface area contributed by atoms with E-state index in [2.05, 4.69) is 20.1 Å². The van der Waals surface area contributed by atoms with Gasteiger partial charge in [-0.1, -0.05) is 29.3 Å². The summed E-state index contributed by atoms with van der Waals surface area (Å²) in [5.74, 6) is 1.55. The molecule has 1 aromatic carbocycles. The first kappa shape index (κ1) is 21.1. The molecule has 0 radical (unpaired) electrons. The van der Waals surface area contributed by atoms with Gasteiger partial charge >= 0.3 is 0 Å². The number of pyridine rings is 1. The van der Waals surface area contributed by atoms with E-state index < -0.39 is 0 Å². The molecule has 0 spiro atoms. The molecule has 1 aliphatic heterocycles. The third-order valence-electron chi connectivity index (χ3n) is 5.11. The Morgan fingerprint density at radius 3 is 2.67 bits per heavy atom. The molecule has 0 unspecified atom stereocenters. The lowest BCUT2D eigenvalue weighted by Crippen LogP contribution is -2.35. The summed E-state index contributed by atoms with van der Waals surface area (Å²) in [5.41, 5.74) is 1.79. The number of thiocarbonyl (C=S) groups is 1. The fourth-order valence-corrected chi connectivity index (χ4v) is 4.21. The van der Waals surface area contributed by atoms with Crippen molar-refractivity contribution in [3.63, 3.8) is 0 Å². The Morgan fingerprint density at radius 1 is 1.13 bits per heavy atom. The number of rotatable bonds is 6. The molecule has 8 heteroatoms. The average molecular weight is 461 g/mol. The molecule has 4 rings (SSSR count). The second-order valence-corrected chi connectivity index (χ2v) is 8.66. The Balaban J connectivity index is 1.70. The quantitative estimate of drug-likeness (QED) is 0.511. The van der Waals surface area contributed by atoms with E-state index in [1.807, 2.05) is 56.6 Å². The van der Waals surface area contributed by atoms with E-state index in [4.69, 9.17) is 39.8 Å². The van der Waals surface area contributed by atoms with Crippen molar-refractivity contribution in [1.82, 2.24) is 20.1 Å². The van der Waals surface area contributed by atoms with Crippen LogP contribution in [0.4, 0.5) is 0 Å². The minimum absolute atomic E-state index is 0.103. The Bertz CT molecular complexity index is 1040. The molecule has 0 aliphatic carbocycles. The fraction of sp³-hybridized carbons (Fsp3) is 0.273. The number of furan rings is 1. The number of aromatic nitrogens is 1. The zero-order valence-corrected chi connectivity index (χ0v) is 19.0. The van der Waals surface area contributed by atoms with Gasteiger partial charge in [-0.2, -0.15) is 0 Å². The number of nitrogens with zero attached hydrogens (tertiary/aromatic N) is 3. The van der Waals surface area contributed by atoms with E-state index >= 15 is 0 Å². The number of hydrogen-bond acceptors (Lipinski definition) is 4. The molecule has 1 N–H and O–H groups in total. The van der Waals surface area contributed by atoms with Crippen molar-refractivity contribution in [2.24, 2.45) is 0 Å². The normalized spacial score (nSPS) is 18.8. The van der Waals surface area contributed by atoms with Gasteiger partial charge in [-0.25, -0.2) is 0 Å². The molecule has 30 heavy (non-hydrogen) atoms. The predicted octanol–water partition coefficient (Wildman–Crippen LogP) is 5.18. The Morgan fingerprint density at radius 2 is 1.97 bits per heavy atom. The van der Waals surface area contributed by atoms with Gasteiger partial charge in [0.2, 0.25) is 0 Å². The van der Waals surface area contributed by atoms with Crippen LogP contribution in [0.25, 0.3) is 11.3 Å². The summed E-state index contributed by atoms with van der Waals surface area (Å²) in [7, 11) is 4.10. The molecule has 0 saturated carbocycles.